The maximum atomic E-state index is 9.40. The van der Waals surface area contributed by atoms with Gasteiger partial charge in [-0.1, -0.05) is 0 Å². The van der Waals surface area contributed by atoms with Gasteiger partial charge in [-0.2, -0.15) is 0 Å². The van der Waals surface area contributed by atoms with Gasteiger partial charge in [0.1, 0.15) is 0 Å². The number of hydrogen-bond acceptors (Lipinski definition) is 8. The summed E-state index contributed by atoms with van der Waals surface area (Å²) >= 11 is -3.54. The Morgan fingerprint density at radius 1 is 0.588 bits per heavy atom. The van der Waals surface area contributed by atoms with Crippen LogP contribution in [0, 0.1) is 0 Å². The molecule has 4 unspecified atom stereocenters. The van der Waals surface area contributed by atoms with E-state index in [1.54, 1.807) is 0 Å². The standard InChI is InChI=1S/4C2H6NO.Pt/c4*1-2(3)4;/h4*2-4H,1H3;/q4*-1;+4. The maximum absolute atomic E-state index is 9.40. The summed E-state index contributed by atoms with van der Waals surface area (Å²) in [7, 11) is 0. The number of hydrogen-bond donors (Lipinski definition) is 8. The zero-order valence-corrected chi connectivity index (χ0v) is 12.7. The van der Waals surface area contributed by atoms with Gasteiger partial charge in [0, 0.05) is 0 Å². The molecule has 0 aromatic carbocycles. The van der Waals surface area contributed by atoms with Crippen molar-refractivity contribution < 1.29 is 37.5 Å². The first kappa shape index (κ1) is 17.4. The van der Waals surface area contributed by atoms with Crippen LogP contribution >= 0.6 is 0 Å². The minimum atomic E-state index is -3.54. The fraction of sp³-hybridized carbons (Fsp3) is 1.00. The van der Waals surface area contributed by atoms with Crippen LogP contribution in [0.1, 0.15) is 27.7 Å². The van der Waals surface area contributed by atoms with Gasteiger partial charge in [0.15, 0.2) is 0 Å². The normalized spacial score (nSPS) is 24.5. The molecule has 0 rings (SSSR count). The molecule has 0 fully saturated rings. The van der Waals surface area contributed by atoms with E-state index in [2.05, 4.69) is 15.5 Å². The Morgan fingerprint density at radius 2 is 0.765 bits per heavy atom. The summed E-state index contributed by atoms with van der Waals surface area (Å²) in [5, 5.41) is 37.6. The molecule has 0 aliphatic carbocycles. The van der Waals surface area contributed by atoms with E-state index in [4.69, 9.17) is 0 Å². The summed E-state index contributed by atoms with van der Waals surface area (Å²) in [5.74, 6) is 0. The zero-order chi connectivity index (χ0) is 13.6. The van der Waals surface area contributed by atoms with Crippen molar-refractivity contribution in [2.75, 3.05) is 0 Å². The second kappa shape index (κ2) is 7.73. The van der Waals surface area contributed by atoms with Crippen LogP contribution in [0.25, 0.3) is 0 Å². The molecule has 0 spiro atoms. The van der Waals surface area contributed by atoms with Gasteiger partial charge in [-0.3, -0.25) is 0 Å². The molecule has 110 valence electrons. The van der Waals surface area contributed by atoms with Crippen molar-refractivity contribution in [2.45, 2.75) is 52.6 Å². The molecule has 0 aliphatic heterocycles. The van der Waals surface area contributed by atoms with Crippen LogP contribution in [-0.4, -0.2) is 45.3 Å². The Labute approximate surface area is 106 Å². The van der Waals surface area contributed by atoms with Crippen LogP contribution in [0.2, 0.25) is 0 Å². The Balaban J connectivity index is 4.89. The molecule has 0 saturated carbocycles. The van der Waals surface area contributed by atoms with Gasteiger partial charge in [-0.25, -0.2) is 0 Å². The molecule has 0 aliphatic rings. The molecule has 0 heterocycles. The van der Waals surface area contributed by atoms with E-state index in [1.165, 1.54) is 27.7 Å². The molecule has 8 N–H and O–H groups in total. The fourth-order valence-corrected chi connectivity index (χ4v) is 7.78. The second-order valence-electron chi connectivity index (χ2n) is 3.54. The van der Waals surface area contributed by atoms with Crippen molar-refractivity contribution in [1.82, 2.24) is 15.5 Å². The van der Waals surface area contributed by atoms with Crippen molar-refractivity contribution in [3.8, 4) is 0 Å². The molecular formula is C8H24N4O4Pt. The molecule has 0 aromatic rings. The summed E-state index contributed by atoms with van der Waals surface area (Å²) in [6, 6.07) is 0. The van der Waals surface area contributed by atoms with Gasteiger partial charge in [-0.15, -0.1) is 0 Å². The zero-order valence-electron chi connectivity index (χ0n) is 10.4. The van der Waals surface area contributed by atoms with Gasteiger partial charge >= 0.3 is 106 Å². The summed E-state index contributed by atoms with van der Waals surface area (Å²) in [4.78, 5) is 0. The predicted octanol–water partition coefficient (Wildman–Crippen LogP) is -2.49. The van der Waals surface area contributed by atoms with E-state index in [-0.39, 0.29) is 0 Å². The summed E-state index contributed by atoms with van der Waals surface area (Å²) in [5.41, 5.74) is 0. The first-order valence-corrected chi connectivity index (χ1v) is 9.67. The van der Waals surface area contributed by atoms with Crippen molar-refractivity contribution in [3.63, 3.8) is 0 Å². The Bertz CT molecular complexity index is 170. The average molecular weight is 435 g/mol. The van der Waals surface area contributed by atoms with E-state index in [9.17, 15) is 20.4 Å². The second-order valence-corrected chi connectivity index (χ2v) is 9.58. The topological polar surface area (TPSA) is 129 Å². The Hall–Kier alpha value is 0.368. The molecule has 17 heavy (non-hydrogen) atoms. The van der Waals surface area contributed by atoms with Crippen LogP contribution in [0.4, 0.5) is 0 Å². The molecule has 4 atom stereocenters. The van der Waals surface area contributed by atoms with Crippen LogP contribution in [-0.2, 0) is 17.1 Å². The molecule has 0 aromatic heterocycles. The quantitative estimate of drug-likeness (QED) is 0.197. The third-order valence-corrected chi connectivity index (χ3v) is 8.81. The van der Waals surface area contributed by atoms with Gasteiger partial charge in [0.05, 0.1) is 0 Å². The molecule has 0 bridgehead atoms. The Kier molecular flexibility index (Phi) is 7.89. The minimum absolute atomic E-state index is 0.865. The van der Waals surface area contributed by atoms with E-state index < -0.39 is 42.0 Å². The molecule has 8 nitrogen and oxygen atoms in total. The molecule has 0 amide bonds. The third kappa shape index (κ3) is 8.15. The number of aliphatic hydroxyl groups is 4. The Morgan fingerprint density at radius 3 is 0.882 bits per heavy atom. The molecule has 0 saturated heterocycles. The van der Waals surface area contributed by atoms with Crippen molar-refractivity contribution in [2.24, 2.45) is 0 Å². The number of aliphatic hydroxyl groups excluding tert-OH is 4. The van der Waals surface area contributed by atoms with E-state index >= 15 is 0 Å². The van der Waals surface area contributed by atoms with Gasteiger partial charge in [0.25, 0.3) is 0 Å². The van der Waals surface area contributed by atoms with E-state index in [0.717, 1.165) is 0 Å². The number of rotatable bonds is 8. The van der Waals surface area contributed by atoms with Gasteiger partial charge in [-0.05, 0) is 0 Å². The first-order chi connectivity index (χ1) is 7.67. The van der Waals surface area contributed by atoms with E-state index in [0.29, 0.717) is 0 Å². The van der Waals surface area contributed by atoms with Crippen LogP contribution in [0.5, 0.6) is 0 Å². The van der Waals surface area contributed by atoms with Crippen molar-refractivity contribution in [1.29, 1.82) is 0 Å². The molecule has 0 radical (unpaired) electrons. The van der Waals surface area contributed by atoms with Gasteiger partial charge < -0.3 is 0 Å². The van der Waals surface area contributed by atoms with Crippen LogP contribution in [0.3, 0.4) is 0 Å². The van der Waals surface area contributed by atoms with E-state index in [1.807, 2.05) is 0 Å². The molecule has 9 heteroatoms. The van der Waals surface area contributed by atoms with Crippen molar-refractivity contribution >= 4 is 0 Å². The summed E-state index contributed by atoms with van der Waals surface area (Å²) < 4.78 is 11.2. The molecular weight excluding hydrogens is 411 g/mol. The summed E-state index contributed by atoms with van der Waals surface area (Å²) in [6.07, 6.45) is -3.46. The van der Waals surface area contributed by atoms with Crippen molar-refractivity contribution in [3.05, 3.63) is 0 Å². The van der Waals surface area contributed by atoms with Gasteiger partial charge in [0.2, 0.25) is 0 Å². The first-order valence-electron chi connectivity index (χ1n) is 5.13. The third-order valence-electron chi connectivity index (χ3n) is 1.08. The fourth-order valence-electron chi connectivity index (χ4n) is 0.951. The summed E-state index contributed by atoms with van der Waals surface area (Å²) in [6.45, 7) is 6.04. The monoisotopic (exact) mass is 435 g/mol. The average Bonchev–Trinajstić information content (AvgIpc) is 1.95. The van der Waals surface area contributed by atoms with Crippen LogP contribution < -0.4 is 15.5 Å². The SMILES string of the molecule is CC(O)[NH][Pt]([NH]C(C)O)([NH]C(C)O)[NH]C(C)O. The number of nitrogens with one attached hydrogen (secondary N) is 4. The predicted molar refractivity (Wildman–Crippen MR) is 59.3 cm³/mol. The van der Waals surface area contributed by atoms with Crippen LogP contribution in [0.15, 0.2) is 0 Å².